The van der Waals surface area contributed by atoms with Gasteiger partial charge in [-0.1, -0.05) is 23.7 Å². The van der Waals surface area contributed by atoms with Gasteiger partial charge in [0.2, 0.25) is 0 Å². The van der Waals surface area contributed by atoms with E-state index < -0.39 is 0 Å². The van der Waals surface area contributed by atoms with E-state index in [1.165, 1.54) is 5.56 Å². The maximum absolute atomic E-state index is 5.98. The molecule has 3 aromatic rings. The lowest BCUT2D eigenvalue weighted by molar-refractivity contribution is 0.949. The van der Waals surface area contributed by atoms with Crippen LogP contribution in [0.25, 0.3) is 10.2 Å². The Bertz CT molecular complexity index is 704. The third kappa shape index (κ3) is 2.88. The minimum atomic E-state index is 0.765. The van der Waals surface area contributed by atoms with E-state index >= 15 is 0 Å². The predicted molar refractivity (Wildman–Crippen MR) is 82.9 cm³/mol. The molecule has 2 aromatic carbocycles. The number of rotatable bonds is 3. The standard InChI is InChI=1S/C15H13ClN2S/c16-11-4-7-13-14(9-11)19-15(18-13)8-3-10-1-5-12(17)6-2-10/h1-2,4-7,9H,3,8,17H2. The highest BCUT2D eigenvalue weighted by molar-refractivity contribution is 7.18. The van der Waals surface area contributed by atoms with E-state index in [2.05, 4.69) is 17.1 Å². The van der Waals surface area contributed by atoms with Crippen molar-refractivity contribution in [3.05, 3.63) is 58.1 Å². The normalized spacial score (nSPS) is 11.0. The molecule has 0 aliphatic carbocycles. The minimum absolute atomic E-state index is 0.765. The molecule has 0 spiro atoms. The molecule has 0 unspecified atom stereocenters. The van der Waals surface area contributed by atoms with Crippen LogP contribution in [-0.2, 0) is 12.8 Å². The van der Waals surface area contributed by atoms with E-state index in [0.717, 1.165) is 38.8 Å². The quantitative estimate of drug-likeness (QED) is 0.729. The van der Waals surface area contributed by atoms with Gasteiger partial charge in [0.15, 0.2) is 0 Å². The maximum atomic E-state index is 5.98. The zero-order valence-electron chi connectivity index (χ0n) is 10.3. The molecule has 2 N–H and O–H groups in total. The fourth-order valence-electron chi connectivity index (χ4n) is 1.99. The third-order valence-corrected chi connectivity index (χ3v) is 4.32. The van der Waals surface area contributed by atoms with Gasteiger partial charge in [0.1, 0.15) is 0 Å². The van der Waals surface area contributed by atoms with Crippen molar-refractivity contribution in [3.8, 4) is 0 Å². The average molecular weight is 289 g/mol. The zero-order valence-corrected chi connectivity index (χ0v) is 11.8. The maximum Gasteiger partial charge on any atom is 0.0941 e. The second-order valence-corrected chi connectivity index (χ2v) is 6.01. The van der Waals surface area contributed by atoms with E-state index in [-0.39, 0.29) is 0 Å². The lowest BCUT2D eigenvalue weighted by Gasteiger charge is -1.99. The van der Waals surface area contributed by atoms with Gasteiger partial charge < -0.3 is 5.73 Å². The summed E-state index contributed by atoms with van der Waals surface area (Å²) in [6.45, 7) is 0. The highest BCUT2D eigenvalue weighted by Crippen LogP contribution is 2.26. The van der Waals surface area contributed by atoms with Crippen LogP contribution in [-0.4, -0.2) is 4.98 Å². The summed E-state index contributed by atoms with van der Waals surface area (Å²) >= 11 is 7.70. The molecule has 0 saturated carbocycles. The lowest BCUT2D eigenvalue weighted by atomic mass is 10.1. The molecule has 19 heavy (non-hydrogen) atoms. The van der Waals surface area contributed by atoms with Gasteiger partial charge in [0.05, 0.1) is 15.2 Å². The summed E-state index contributed by atoms with van der Waals surface area (Å²) in [6, 6.07) is 13.8. The molecule has 0 atom stereocenters. The average Bonchev–Trinajstić information content (AvgIpc) is 2.80. The van der Waals surface area contributed by atoms with Gasteiger partial charge in [-0.3, -0.25) is 0 Å². The highest BCUT2D eigenvalue weighted by Gasteiger charge is 2.04. The molecular formula is C15H13ClN2S. The largest absolute Gasteiger partial charge is 0.399 e. The molecule has 2 nitrogen and oxygen atoms in total. The number of nitrogen functional groups attached to an aromatic ring is 1. The van der Waals surface area contributed by atoms with Crippen LogP contribution in [0.2, 0.25) is 5.02 Å². The second-order valence-electron chi connectivity index (χ2n) is 4.46. The summed E-state index contributed by atoms with van der Waals surface area (Å²) in [5.74, 6) is 0. The Morgan fingerprint density at radius 1 is 1.05 bits per heavy atom. The summed E-state index contributed by atoms with van der Waals surface area (Å²) in [6.07, 6.45) is 1.93. The zero-order chi connectivity index (χ0) is 13.2. The van der Waals surface area contributed by atoms with E-state index in [0.29, 0.717) is 0 Å². The van der Waals surface area contributed by atoms with Gasteiger partial charge in [-0.2, -0.15) is 0 Å². The number of hydrogen-bond acceptors (Lipinski definition) is 3. The Morgan fingerprint density at radius 2 is 1.84 bits per heavy atom. The first-order valence-electron chi connectivity index (χ1n) is 6.10. The molecule has 0 saturated heterocycles. The van der Waals surface area contributed by atoms with Gasteiger partial charge in [-0.05, 0) is 42.3 Å². The smallest absolute Gasteiger partial charge is 0.0941 e. The monoisotopic (exact) mass is 288 g/mol. The summed E-state index contributed by atoms with van der Waals surface area (Å²) in [4.78, 5) is 4.62. The van der Waals surface area contributed by atoms with Crippen molar-refractivity contribution < 1.29 is 0 Å². The van der Waals surface area contributed by atoms with Crippen molar-refractivity contribution in [1.82, 2.24) is 4.98 Å². The molecular weight excluding hydrogens is 276 g/mol. The van der Waals surface area contributed by atoms with Crippen LogP contribution in [0, 0.1) is 0 Å². The first-order valence-corrected chi connectivity index (χ1v) is 7.29. The van der Waals surface area contributed by atoms with E-state index in [9.17, 15) is 0 Å². The van der Waals surface area contributed by atoms with Crippen LogP contribution in [0.4, 0.5) is 5.69 Å². The fourth-order valence-corrected chi connectivity index (χ4v) is 3.23. The molecule has 1 aromatic heterocycles. The lowest BCUT2D eigenvalue weighted by Crippen LogP contribution is -1.91. The molecule has 4 heteroatoms. The number of aromatic nitrogens is 1. The summed E-state index contributed by atoms with van der Waals surface area (Å²) in [5, 5.41) is 1.91. The molecule has 0 aliphatic heterocycles. The van der Waals surface area contributed by atoms with Crippen LogP contribution in [0.5, 0.6) is 0 Å². The van der Waals surface area contributed by atoms with Crippen molar-refractivity contribution in [2.24, 2.45) is 0 Å². The van der Waals surface area contributed by atoms with Gasteiger partial charge in [-0.25, -0.2) is 4.98 Å². The number of halogens is 1. The number of benzene rings is 2. The number of nitrogens with zero attached hydrogens (tertiary/aromatic N) is 1. The van der Waals surface area contributed by atoms with Crippen LogP contribution in [0.3, 0.4) is 0 Å². The Morgan fingerprint density at radius 3 is 2.63 bits per heavy atom. The minimum Gasteiger partial charge on any atom is -0.399 e. The molecule has 0 fully saturated rings. The Balaban J connectivity index is 1.76. The Labute approximate surface area is 120 Å². The first-order chi connectivity index (χ1) is 9.20. The molecule has 3 rings (SSSR count). The summed E-state index contributed by atoms with van der Waals surface area (Å²) in [5.41, 5.74) is 8.79. The number of anilines is 1. The van der Waals surface area contributed by atoms with Crippen molar-refractivity contribution in [2.75, 3.05) is 5.73 Å². The molecule has 96 valence electrons. The number of fused-ring (bicyclic) bond motifs is 1. The van der Waals surface area contributed by atoms with Crippen molar-refractivity contribution in [2.45, 2.75) is 12.8 Å². The first kappa shape index (κ1) is 12.5. The van der Waals surface area contributed by atoms with Crippen LogP contribution < -0.4 is 5.73 Å². The van der Waals surface area contributed by atoms with Gasteiger partial charge in [-0.15, -0.1) is 11.3 Å². The van der Waals surface area contributed by atoms with Gasteiger partial charge in [0.25, 0.3) is 0 Å². The van der Waals surface area contributed by atoms with Gasteiger partial charge in [0, 0.05) is 17.1 Å². The van der Waals surface area contributed by atoms with Crippen LogP contribution in [0.15, 0.2) is 42.5 Å². The summed E-state index contributed by atoms with van der Waals surface area (Å²) < 4.78 is 1.15. The van der Waals surface area contributed by atoms with Crippen molar-refractivity contribution >= 4 is 38.8 Å². The molecule has 0 aliphatic rings. The predicted octanol–water partition coefficient (Wildman–Crippen LogP) is 4.32. The molecule has 1 heterocycles. The van der Waals surface area contributed by atoms with Gasteiger partial charge >= 0.3 is 0 Å². The van der Waals surface area contributed by atoms with E-state index in [1.807, 2.05) is 30.3 Å². The van der Waals surface area contributed by atoms with E-state index in [4.69, 9.17) is 17.3 Å². The molecule has 0 bridgehead atoms. The Kier molecular flexibility index (Phi) is 3.40. The summed E-state index contributed by atoms with van der Waals surface area (Å²) in [7, 11) is 0. The van der Waals surface area contributed by atoms with Crippen molar-refractivity contribution in [1.29, 1.82) is 0 Å². The van der Waals surface area contributed by atoms with E-state index in [1.54, 1.807) is 11.3 Å². The topological polar surface area (TPSA) is 38.9 Å². The Hall–Kier alpha value is -1.58. The van der Waals surface area contributed by atoms with Crippen molar-refractivity contribution in [3.63, 3.8) is 0 Å². The van der Waals surface area contributed by atoms with Crippen LogP contribution >= 0.6 is 22.9 Å². The number of nitrogens with two attached hydrogens (primary N) is 1. The number of hydrogen-bond donors (Lipinski definition) is 1. The fraction of sp³-hybridized carbons (Fsp3) is 0.133. The second kappa shape index (κ2) is 5.19. The third-order valence-electron chi connectivity index (χ3n) is 3.00. The highest BCUT2D eigenvalue weighted by atomic mass is 35.5. The SMILES string of the molecule is Nc1ccc(CCc2nc3ccc(Cl)cc3s2)cc1. The van der Waals surface area contributed by atoms with Crippen LogP contribution in [0.1, 0.15) is 10.6 Å². The number of aryl methyl sites for hydroxylation is 2. The molecule has 0 radical (unpaired) electrons. The molecule has 0 amide bonds. The number of thiazole rings is 1.